The van der Waals surface area contributed by atoms with Gasteiger partial charge < -0.3 is 47.5 Å². The zero-order valence-electron chi connectivity index (χ0n) is 71.2. The van der Waals surface area contributed by atoms with E-state index in [0.29, 0.717) is 92.9 Å². The van der Waals surface area contributed by atoms with Crippen molar-refractivity contribution < 1.29 is 86.5 Å². The van der Waals surface area contributed by atoms with Crippen LogP contribution in [-0.2, 0) is 65.6 Å². The van der Waals surface area contributed by atoms with Gasteiger partial charge in [0.2, 0.25) is 17.7 Å². The molecule has 0 atom stereocenters. The highest BCUT2D eigenvalue weighted by molar-refractivity contribution is 7.85. The summed E-state index contributed by atoms with van der Waals surface area (Å²) in [7, 11) is -8.42. The molecule has 0 saturated heterocycles. The highest BCUT2D eigenvalue weighted by Crippen LogP contribution is 2.39. The predicted octanol–water partition coefficient (Wildman–Crippen LogP) is 16.0. The van der Waals surface area contributed by atoms with Crippen LogP contribution in [0.2, 0.25) is 0 Å². The van der Waals surface area contributed by atoms with Crippen LogP contribution in [0.5, 0.6) is 5.75 Å². The fourth-order valence-electron chi connectivity index (χ4n) is 12.8. The van der Waals surface area contributed by atoms with Crippen LogP contribution in [0.1, 0.15) is 118 Å². The number of ether oxygens (including phenoxy) is 2. The summed E-state index contributed by atoms with van der Waals surface area (Å²) >= 11 is 1.89. The molecule has 0 bridgehead atoms. The number of hydrogen-bond acceptors (Lipinski definition) is 21. The molecular weight excluding hydrogens is 1630 g/mol. The number of aliphatic hydroxyl groups excluding tert-OH is 1. The SMILES string of the molecule is C.C=C(CCCOc1ccc(-c2cnc(-c3cc[n+](CCCS(=O)(=O)[O-])cc3)o2)cc1C)ONCCN1C(=O)C=CC1=O.CCCC[n+]1ccc(-c2cc(C)c(-c3ccc(C)c(C)c3)s2)cc1.CCCC[n+]1ccc(-c2ncc(-c3ccc(C)c(C)c3)o2)cc1.Cc1cc(-c2cnc(-c3cc[n+](CCCS(=O)(=O)[O-])cc3)o2)ccc1N=C(N)CCOCCO. The lowest BCUT2D eigenvalue weighted by atomic mass is 10.0. The molecule has 13 rings (SSSR count). The molecule has 0 fully saturated rings. The van der Waals surface area contributed by atoms with Gasteiger partial charge in [0.25, 0.3) is 11.8 Å². The van der Waals surface area contributed by atoms with Crippen LogP contribution in [0, 0.1) is 48.5 Å². The molecule has 654 valence electrons. The number of aliphatic imine (C=N–C) groups is 1. The first-order valence-corrected chi connectivity index (χ1v) is 45.0. The third-order valence-electron chi connectivity index (χ3n) is 20.1. The molecule has 0 unspecified atom stereocenters. The number of hydroxylamine groups is 1. The van der Waals surface area contributed by atoms with Gasteiger partial charge in [-0.1, -0.05) is 71.0 Å². The van der Waals surface area contributed by atoms with Gasteiger partial charge in [-0.15, -0.1) is 11.3 Å². The quantitative estimate of drug-likeness (QED) is 0.00473. The lowest BCUT2D eigenvalue weighted by molar-refractivity contribution is -0.697. The first-order valence-electron chi connectivity index (χ1n) is 41.0. The first-order chi connectivity index (χ1) is 59.1. The number of carbonyl (C=O) groups excluding carboxylic acids is 2. The summed E-state index contributed by atoms with van der Waals surface area (Å²) in [6, 6.07) is 42.7. The largest absolute Gasteiger partial charge is 0.748 e. The van der Waals surface area contributed by atoms with Crippen LogP contribution in [0.15, 0.2) is 238 Å². The Bertz CT molecular complexity index is 5790. The number of aryl methyl sites for hydroxylation is 11. The number of pyridine rings is 4. The monoisotopic (exact) mass is 1740 g/mol. The van der Waals surface area contributed by atoms with Crippen molar-refractivity contribution in [3.8, 4) is 95.0 Å². The van der Waals surface area contributed by atoms with Gasteiger partial charge in [0.15, 0.2) is 66.9 Å². The maximum absolute atomic E-state index is 11.5. The third-order valence-corrected chi connectivity index (χ3v) is 23.0. The van der Waals surface area contributed by atoms with Crippen molar-refractivity contribution in [3.05, 3.63) is 259 Å². The van der Waals surface area contributed by atoms with Crippen molar-refractivity contribution in [2.45, 2.75) is 154 Å². The number of hydrogen-bond donors (Lipinski definition) is 3. The van der Waals surface area contributed by atoms with E-state index in [1.807, 2.05) is 85.8 Å². The summed E-state index contributed by atoms with van der Waals surface area (Å²) in [5, 5.41) is 8.73. The number of rotatable bonds is 38. The molecule has 12 aromatic rings. The Kier molecular flexibility index (Phi) is 36.5. The van der Waals surface area contributed by atoms with Gasteiger partial charge in [-0.25, -0.2) is 55.0 Å². The van der Waals surface area contributed by atoms with E-state index in [0.717, 1.165) is 79.7 Å². The van der Waals surface area contributed by atoms with E-state index in [1.54, 1.807) is 52.5 Å². The smallest absolute Gasteiger partial charge is 0.253 e. The predicted molar refractivity (Wildman–Crippen MR) is 479 cm³/mol. The van der Waals surface area contributed by atoms with Gasteiger partial charge in [0.05, 0.1) is 70.9 Å². The molecule has 4 N–H and O–H groups in total. The lowest BCUT2D eigenvalue weighted by Gasteiger charge is -2.15. The standard InChI is InChI=1S/C29H32N4O8S.C23H28N4O6S.C22H26NS.C20H23N2O.CH4/c1-21-19-24(26-20-30-29(40-26)23-10-14-32(15-11-23)13-4-18-42(36,37)38)6-7-25(21)39-17-3-5-22(2)41-31-12-16-33-27(34)8-9-28(33)35;1-17-15-19(3-4-20(17)26-22(24)7-12-32-13-11-28)21-16-25-23(33-21)18-5-9-27(10-6-18)8-2-14-34(29,30)31;1-5-6-11-23-12-9-19(10-13-23)21-15-18(4)22(24-21)20-8-7-16(2)17(3)14-20;1-4-5-10-22-11-8-17(9-12-22)20-21-14-19(23-20)18-7-6-15(2)16(3)13-18;/h6-11,14-15,19-20,31H,2-5,12-13,16-18H2,1H3;3-6,9-10,15-16,24,28H,2,7-8,11-14H2,1H3,(H,29,30,31);7-10,12-15H,5-6,11H2,1-4H3;6-9,11-14H,4-5,10H2,1-3H3;1H4/q;;2*+1;. The summed E-state index contributed by atoms with van der Waals surface area (Å²) < 4.78 is 101. The summed E-state index contributed by atoms with van der Waals surface area (Å²) in [5.41, 5.74) is 25.9. The number of unbranched alkanes of at least 4 members (excludes halogenated alkanes) is 2. The topological polar surface area (TPSA) is 344 Å². The van der Waals surface area contributed by atoms with Crippen LogP contribution in [0.25, 0.3) is 89.2 Å². The van der Waals surface area contributed by atoms with Crippen LogP contribution in [0.3, 0.4) is 0 Å². The van der Waals surface area contributed by atoms with Crippen molar-refractivity contribution in [1.82, 2.24) is 25.3 Å². The number of carbonyl (C=O) groups is 2. The fraction of sp³-hybridized carbons (Fsp3) is 0.326. The molecule has 26 nitrogen and oxygen atoms in total. The number of imide groups is 1. The average Bonchev–Trinajstić information content (AvgIpc) is 1.66. The molecule has 124 heavy (non-hydrogen) atoms. The number of nitrogens with zero attached hydrogens (tertiary/aromatic N) is 9. The number of allylic oxidation sites excluding steroid dienone is 1. The molecule has 1 aliphatic heterocycles. The molecule has 1 aliphatic rings. The van der Waals surface area contributed by atoms with Gasteiger partial charge in [0.1, 0.15) is 43.5 Å². The molecule has 0 radical (unpaired) electrons. The highest BCUT2D eigenvalue weighted by Gasteiger charge is 2.23. The van der Waals surface area contributed by atoms with Gasteiger partial charge in [-0.05, 0) is 148 Å². The second-order valence-electron chi connectivity index (χ2n) is 29.9. The van der Waals surface area contributed by atoms with E-state index in [4.69, 9.17) is 38.4 Å². The summed E-state index contributed by atoms with van der Waals surface area (Å²) in [5.74, 6) is 3.86. The number of amidine groups is 1. The summed E-state index contributed by atoms with van der Waals surface area (Å²) in [6.45, 7) is 27.6. The Morgan fingerprint density at radius 2 is 0.944 bits per heavy atom. The summed E-state index contributed by atoms with van der Waals surface area (Å²) in [4.78, 5) is 49.9. The van der Waals surface area contributed by atoms with E-state index in [-0.39, 0.29) is 57.6 Å². The fourth-order valence-corrected chi connectivity index (χ4v) is 14.9. The number of benzene rings is 4. The molecule has 9 heterocycles. The minimum Gasteiger partial charge on any atom is -0.748 e. The molecule has 0 saturated carbocycles. The lowest BCUT2D eigenvalue weighted by Crippen LogP contribution is -2.36. The Labute approximate surface area is 731 Å². The average molecular weight is 1750 g/mol. The molecule has 8 aromatic heterocycles. The normalized spacial score (nSPS) is 12.0. The minimum atomic E-state index is -4.22. The minimum absolute atomic E-state index is 0. The zero-order chi connectivity index (χ0) is 88.0. The zero-order valence-corrected chi connectivity index (χ0v) is 73.6. The number of oxazole rings is 3. The first kappa shape index (κ1) is 96.0. The number of thiophene rings is 1. The molecular formula is C95H113N11O15S3+2. The van der Waals surface area contributed by atoms with E-state index in [9.17, 15) is 35.5 Å². The van der Waals surface area contributed by atoms with Gasteiger partial charge >= 0.3 is 0 Å². The second-order valence-corrected chi connectivity index (χ2v) is 34.0. The summed E-state index contributed by atoms with van der Waals surface area (Å²) in [6.07, 6.45) is 30.4. The maximum Gasteiger partial charge on any atom is 0.253 e. The number of nitrogens with one attached hydrogen (secondary N) is 1. The van der Waals surface area contributed by atoms with Gasteiger partial charge in [-0.3, -0.25) is 14.5 Å². The van der Waals surface area contributed by atoms with Gasteiger partial charge in [0, 0.05) is 173 Å². The van der Waals surface area contributed by atoms with Crippen LogP contribution < -0.4 is 34.2 Å². The highest BCUT2D eigenvalue weighted by atomic mass is 32.2. The van der Waals surface area contributed by atoms with Crippen molar-refractivity contribution in [2.75, 3.05) is 51.0 Å². The molecule has 0 aliphatic carbocycles. The molecule has 0 spiro atoms. The Morgan fingerprint density at radius 1 is 0.516 bits per heavy atom. The second kappa shape index (κ2) is 47.2. The van der Waals surface area contributed by atoms with Crippen molar-refractivity contribution in [2.24, 2.45) is 10.7 Å². The molecule has 2 amide bonds. The molecule has 29 heteroatoms. The van der Waals surface area contributed by atoms with E-state index < -0.39 is 26.0 Å². The maximum atomic E-state index is 11.5. The Balaban J connectivity index is 0.000000192. The van der Waals surface area contributed by atoms with Crippen molar-refractivity contribution >= 4 is 54.9 Å². The number of aliphatic hydroxyl groups is 1. The van der Waals surface area contributed by atoms with Crippen LogP contribution in [-0.4, -0.2) is 120 Å². The molecule has 4 aromatic carbocycles. The van der Waals surface area contributed by atoms with Gasteiger partial charge in [-0.2, -0.15) is 5.48 Å². The van der Waals surface area contributed by atoms with E-state index >= 15 is 0 Å². The Morgan fingerprint density at radius 3 is 1.39 bits per heavy atom. The van der Waals surface area contributed by atoms with Crippen molar-refractivity contribution in [1.29, 1.82) is 0 Å². The van der Waals surface area contributed by atoms with Crippen molar-refractivity contribution in [3.63, 3.8) is 0 Å². The van der Waals surface area contributed by atoms with E-state index in [2.05, 4.69) is 181 Å². The Hall–Kier alpha value is -11.8. The number of nitrogens with two attached hydrogens (primary N) is 1. The van der Waals surface area contributed by atoms with Crippen LogP contribution in [0.4, 0.5) is 5.69 Å². The van der Waals surface area contributed by atoms with E-state index in [1.165, 1.54) is 86.5 Å². The number of amides is 2. The third kappa shape index (κ3) is 29.7. The van der Waals surface area contributed by atoms with Crippen LogP contribution >= 0.6 is 11.3 Å². The number of aromatic nitrogens is 7.